The molecule has 2 fully saturated rings. The van der Waals surface area contributed by atoms with E-state index in [1.54, 1.807) is 0 Å². The lowest BCUT2D eigenvalue weighted by atomic mass is 9.71. The Hall–Kier alpha value is 0.0700. The summed E-state index contributed by atoms with van der Waals surface area (Å²) >= 11 is 2.00. The molecule has 0 aliphatic heterocycles. The van der Waals surface area contributed by atoms with E-state index >= 15 is 0 Å². The number of rotatable bonds is 6. The van der Waals surface area contributed by atoms with Crippen LogP contribution in [0.25, 0.3) is 0 Å². The zero-order chi connectivity index (χ0) is 14.4. The van der Waals surface area contributed by atoms with E-state index in [2.05, 4.69) is 12.2 Å². The van der Waals surface area contributed by atoms with E-state index in [0.717, 1.165) is 25.0 Å². The molecule has 2 aliphatic rings. The first-order valence-electron chi connectivity index (χ1n) is 8.30. The van der Waals surface area contributed by atoms with Gasteiger partial charge < -0.3 is 11.1 Å². The molecule has 1 amide bonds. The standard InChI is InChI=1S/C16H30N2OS.ClH/c1-2-20-14-8-6-7-13(14)18-15(19)11-16(12-17)9-4-3-5-10-16;/h13-14H,2-12,17H2,1H3,(H,18,19);1H. The third-order valence-electron chi connectivity index (χ3n) is 5.06. The van der Waals surface area contributed by atoms with Gasteiger partial charge in [0.05, 0.1) is 0 Å². The molecule has 3 N–H and O–H groups in total. The molecule has 0 bridgehead atoms. The van der Waals surface area contributed by atoms with Gasteiger partial charge in [0.25, 0.3) is 0 Å². The quantitative estimate of drug-likeness (QED) is 0.781. The topological polar surface area (TPSA) is 55.1 Å². The van der Waals surface area contributed by atoms with Crippen LogP contribution in [0.1, 0.15) is 64.7 Å². The summed E-state index contributed by atoms with van der Waals surface area (Å²) < 4.78 is 0. The van der Waals surface area contributed by atoms with E-state index in [-0.39, 0.29) is 23.7 Å². The van der Waals surface area contributed by atoms with E-state index in [9.17, 15) is 4.79 Å². The Kier molecular flexibility index (Phi) is 8.43. The van der Waals surface area contributed by atoms with Crippen molar-refractivity contribution in [1.29, 1.82) is 0 Å². The number of hydrogen-bond donors (Lipinski definition) is 2. The van der Waals surface area contributed by atoms with Crippen molar-refractivity contribution in [2.24, 2.45) is 11.1 Å². The lowest BCUT2D eigenvalue weighted by Gasteiger charge is -2.36. The second kappa shape index (κ2) is 9.26. The Morgan fingerprint density at radius 3 is 2.57 bits per heavy atom. The molecule has 3 nitrogen and oxygen atoms in total. The van der Waals surface area contributed by atoms with Crippen molar-refractivity contribution >= 4 is 30.1 Å². The highest BCUT2D eigenvalue weighted by molar-refractivity contribution is 7.99. The zero-order valence-electron chi connectivity index (χ0n) is 13.2. The predicted molar refractivity (Wildman–Crippen MR) is 94.1 cm³/mol. The molecule has 0 aromatic carbocycles. The van der Waals surface area contributed by atoms with Crippen molar-refractivity contribution < 1.29 is 4.79 Å². The highest BCUT2D eigenvalue weighted by Crippen LogP contribution is 2.38. The fourth-order valence-corrected chi connectivity index (χ4v) is 5.06. The summed E-state index contributed by atoms with van der Waals surface area (Å²) in [5.41, 5.74) is 6.08. The van der Waals surface area contributed by atoms with Crippen molar-refractivity contribution in [3.63, 3.8) is 0 Å². The van der Waals surface area contributed by atoms with Crippen LogP contribution in [0.5, 0.6) is 0 Å². The molecule has 0 heterocycles. The molecule has 0 spiro atoms. The van der Waals surface area contributed by atoms with Gasteiger partial charge in [0.2, 0.25) is 5.91 Å². The largest absolute Gasteiger partial charge is 0.352 e. The van der Waals surface area contributed by atoms with Crippen molar-refractivity contribution in [3.05, 3.63) is 0 Å². The van der Waals surface area contributed by atoms with Gasteiger partial charge in [-0.15, -0.1) is 12.4 Å². The van der Waals surface area contributed by atoms with Gasteiger partial charge in [0.1, 0.15) is 0 Å². The molecule has 2 aliphatic carbocycles. The molecular weight excluding hydrogens is 304 g/mol. The molecule has 5 heteroatoms. The molecule has 21 heavy (non-hydrogen) atoms. The second-order valence-corrected chi connectivity index (χ2v) is 8.06. The molecule has 2 unspecified atom stereocenters. The SMILES string of the molecule is CCSC1CCCC1NC(=O)CC1(CN)CCCCC1.Cl. The summed E-state index contributed by atoms with van der Waals surface area (Å²) in [5.74, 6) is 1.38. The van der Waals surface area contributed by atoms with Gasteiger partial charge in [0, 0.05) is 17.7 Å². The average molecular weight is 335 g/mol. The Bertz CT molecular complexity index is 321. The third kappa shape index (κ3) is 5.33. The van der Waals surface area contributed by atoms with Crippen LogP contribution in [0.4, 0.5) is 0 Å². The van der Waals surface area contributed by atoms with Crippen molar-refractivity contribution in [2.45, 2.75) is 76.0 Å². The van der Waals surface area contributed by atoms with Crippen LogP contribution >= 0.6 is 24.2 Å². The van der Waals surface area contributed by atoms with Gasteiger partial charge in [-0.3, -0.25) is 4.79 Å². The molecule has 0 aromatic rings. The number of thioether (sulfide) groups is 1. The lowest BCUT2D eigenvalue weighted by molar-refractivity contribution is -0.124. The lowest BCUT2D eigenvalue weighted by Crippen LogP contribution is -2.43. The van der Waals surface area contributed by atoms with Crippen molar-refractivity contribution in [2.75, 3.05) is 12.3 Å². The van der Waals surface area contributed by atoms with Crippen molar-refractivity contribution in [1.82, 2.24) is 5.32 Å². The number of hydrogen-bond acceptors (Lipinski definition) is 3. The van der Waals surface area contributed by atoms with Gasteiger partial charge in [0.15, 0.2) is 0 Å². The van der Waals surface area contributed by atoms with Gasteiger partial charge in [-0.1, -0.05) is 32.6 Å². The number of carbonyl (C=O) groups excluding carboxylic acids is 1. The first-order valence-corrected chi connectivity index (χ1v) is 9.35. The van der Waals surface area contributed by atoms with Crippen LogP contribution in [0.2, 0.25) is 0 Å². The monoisotopic (exact) mass is 334 g/mol. The number of carbonyl (C=O) groups is 1. The minimum absolute atomic E-state index is 0. The van der Waals surface area contributed by atoms with E-state index in [4.69, 9.17) is 5.73 Å². The first kappa shape index (κ1) is 19.1. The highest BCUT2D eigenvalue weighted by atomic mass is 35.5. The van der Waals surface area contributed by atoms with Crippen LogP contribution in [0.3, 0.4) is 0 Å². The minimum atomic E-state index is 0. The Labute approximate surface area is 140 Å². The molecule has 2 saturated carbocycles. The fourth-order valence-electron chi connectivity index (χ4n) is 3.86. The smallest absolute Gasteiger partial charge is 0.220 e. The predicted octanol–water partition coefficient (Wildman–Crippen LogP) is 3.50. The first-order chi connectivity index (χ1) is 9.69. The Balaban J connectivity index is 0.00000220. The Morgan fingerprint density at radius 1 is 1.24 bits per heavy atom. The molecule has 124 valence electrons. The van der Waals surface area contributed by atoms with Gasteiger partial charge >= 0.3 is 0 Å². The fraction of sp³-hybridized carbons (Fsp3) is 0.938. The van der Waals surface area contributed by atoms with E-state index in [1.165, 1.54) is 32.1 Å². The summed E-state index contributed by atoms with van der Waals surface area (Å²) in [7, 11) is 0. The van der Waals surface area contributed by atoms with Crippen LogP contribution in [0, 0.1) is 5.41 Å². The number of halogens is 1. The summed E-state index contributed by atoms with van der Waals surface area (Å²) in [4.78, 5) is 12.4. The van der Waals surface area contributed by atoms with Crippen LogP contribution in [-0.2, 0) is 4.79 Å². The number of nitrogens with one attached hydrogen (secondary N) is 1. The van der Waals surface area contributed by atoms with Crippen LogP contribution < -0.4 is 11.1 Å². The van der Waals surface area contributed by atoms with Crippen LogP contribution in [-0.4, -0.2) is 29.5 Å². The van der Waals surface area contributed by atoms with Gasteiger partial charge in [-0.05, 0) is 43.4 Å². The van der Waals surface area contributed by atoms with E-state index in [1.807, 2.05) is 11.8 Å². The molecule has 0 radical (unpaired) electrons. The van der Waals surface area contributed by atoms with E-state index < -0.39 is 0 Å². The van der Waals surface area contributed by atoms with Crippen LogP contribution in [0.15, 0.2) is 0 Å². The maximum atomic E-state index is 12.4. The van der Waals surface area contributed by atoms with E-state index in [0.29, 0.717) is 24.3 Å². The average Bonchev–Trinajstić information content (AvgIpc) is 2.87. The molecule has 2 rings (SSSR count). The van der Waals surface area contributed by atoms with Gasteiger partial charge in [-0.2, -0.15) is 11.8 Å². The third-order valence-corrected chi connectivity index (χ3v) is 6.39. The summed E-state index contributed by atoms with van der Waals surface area (Å²) in [6.07, 6.45) is 10.4. The highest BCUT2D eigenvalue weighted by Gasteiger charge is 2.35. The molecular formula is C16H31ClN2OS. The molecule has 0 aromatic heterocycles. The normalized spacial score (nSPS) is 27.9. The Morgan fingerprint density at radius 2 is 1.95 bits per heavy atom. The number of amides is 1. The summed E-state index contributed by atoms with van der Waals surface area (Å²) in [6.45, 7) is 2.87. The second-order valence-electron chi connectivity index (χ2n) is 6.54. The van der Waals surface area contributed by atoms with Gasteiger partial charge in [-0.25, -0.2) is 0 Å². The maximum Gasteiger partial charge on any atom is 0.220 e. The zero-order valence-corrected chi connectivity index (χ0v) is 14.9. The maximum absolute atomic E-state index is 12.4. The minimum Gasteiger partial charge on any atom is -0.352 e. The summed E-state index contributed by atoms with van der Waals surface area (Å²) in [6, 6.07) is 0.394. The molecule has 2 atom stereocenters. The molecule has 0 saturated heterocycles. The number of nitrogens with two attached hydrogens (primary N) is 1. The summed E-state index contributed by atoms with van der Waals surface area (Å²) in [5, 5.41) is 3.93. The van der Waals surface area contributed by atoms with Crippen molar-refractivity contribution in [3.8, 4) is 0 Å².